The number of amides is 1. The Labute approximate surface area is 121 Å². The summed E-state index contributed by atoms with van der Waals surface area (Å²) in [4.78, 5) is 14.6. The standard InChI is InChI=1S/C16H25N3O/c1-12-5-4-8-19(10-12)11-13(2)18-16(20)14-6-3-7-15(17)9-14/h3,6-7,9,12-13H,4-5,8,10-11,17H2,1-2H3,(H,18,20). The quantitative estimate of drug-likeness (QED) is 0.828. The maximum atomic E-state index is 12.1. The minimum Gasteiger partial charge on any atom is -0.399 e. The molecule has 1 saturated heterocycles. The van der Waals surface area contributed by atoms with E-state index in [2.05, 4.69) is 24.1 Å². The van der Waals surface area contributed by atoms with Gasteiger partial charge in [-0.25, -0.2) is 0 Å². The second kappa shape index (κ2) is 6.75. The Bertz CT molecular complexity index is 461. The Morgan fingerprint density at radius 1 is 1.55 bits per heavy atom. The van der Waals surface area contributed by atoms with Gasteiger partial charge in [-0.3, -0.25) is 4.79 Å². The molecule has 0 saturated carbocycles. The summed E-state index contributed by atoms with van der Waals surface area (Å²) >= 11 is 0. The molecular weight excluding hydrogens is 250 g/mol. The minimum absolute atomic E-state index is 0.0464. The van der Waals surface area contributed by atoms with Crippen LogP contribution in [0, 0.1) is 5.92 Å². The van der Waals surface area contributed by atoms with Gasteiger partial charge in [0.2, 0.25) is 0 Å². The number of likely N-dealkylation sites (tertiary alicyclic amines) is 1. The van der Waals surface area contributed by atoms with Crippen LogP contribution in [0.2, 0.25) is 0 Å². The summed E-state index contributed by atoms with van der Waals surface area (Å²) in [5.41, 5.74) is 6.95. The number of piperidine rings is 1. The fourth-order valence-electron chi connectivity index (χ4n) is 2.87. The lowest BCUT2D eigenvalue weighted by atomic mass is 10.00. The smallest absolute Gasteiger partial charge is 0.251 e. The molecule has 0 radical (unpaired) electrons. The molecule has 1 aromatic rings. The Kier molecular flexibility index (Phi) is 5.01. The molecule has 1 aliphatic rings. The molecule has 0 spiro atoms. The van der Waals surface area contributed by atoms with Gasteiger partial charge in [-0.2, -0.15) is 0 Å². The van der Waals surface area contributed by atoms with E-state index in [0.29, 0.717) is 11.3 Å². The number of benzene rings is 1. The lowest BCUT2D eigenvalue weighted by Crippen LogP contribution is -2.45. The zero-order valence-electron chi connectivity index (χ0n) is 12.4. The zero-order valence-corrected chi connectivity index (χ0v) is 12.4. The summed E-state index contributed by atoms with van der Waals surface area (Å²) in [7, 11) is 0. The number of carbonyl (C=O) groups is 1. The van der Waals surface area contributed by atoms with Gasteiger partial charge in [0.1, 0.15) is 0 Å². The van der Waals surface area contributed by atoms with Crippen LogP contribution in [0.1, 0.15) is 37.0 Å². The molecule has 2 atom stereocenters. The summed E-state index contributed by atoms with van der Waals surface area (Å²) in [6.07, 6.45) is 2.58. The maximum absolute atomic E-state index is 12.1. The zero-order chi connectivity index (χ0) is 14.5. The van der Waals surface area contributed by atoms with Gasteiger partial charge in [0, 0.05) is 30.4 Å². The van der Waals surface area contributed by atoms with Crippen molar-refractivity contribution in [2.75, 3.05) is 25.4 Å². The number of anilines is 1. The molecule has 3 N–H and O–H groups in total. The Morgan fingerprint density at radius 2 is 2.35 bits per heavy atom. The van der Waals surface area contributed by atoms with Crippen LogP contribution in [0.25, 0.3) is 0 Å². The van der Waals surface area contributed by atoms with E-state index in [1.165, 1.54) is 12.8 Å². The summed E-state index contributed by atoms with van der Waals surface area (Å²) in [5, 5.41) is 3.05. The molecule has 1 amide bonds. The van der Waals surface area contributed by atoms with Crippen LogP contribution in [0.15, 0.2) is 24.3 Å². The van der Waals surface area contributed by atoms with Crippen LogP contribution in [0.3, 0.4) is 0 Å². The van der Waals surface area contributed by atoms with E-state index < -0.39 is 0 Å². The van der Waals surface area contributed by atoms with Gasteiger partial charge in [-0.05, 0) is 50.4 Å². The van der Waals surface area contributed by atoms with E-state index in [0.717, 1.165) is 25.6 Å². The van der Waals surface area contributed by atoms with Crippen LogP contribution in [0.4, 0.5) is 5.69 Å². The number of carbonyl (C=O) groups excluding carboxylic acids is 1. The first-order valence-corrected chi connectivity index (χ1v) is 7.43. The van der Waals surface area contributed by atoms with E-state index in [4.69, 9.17) is 5.73 Å². The van der Waals surface area contributed by atoms with E-state index in [1.54, 1.807) is 24.3 Å². The molecule has 0 aliphatic carbocycles. The van der Waals surface area contributed by atoms with Crippen LogP contribution in [0.5, 0.6) is 0 Å². The van der Waals surface area contributed by atoms with Gasteiger partial charge in [0.25, 0.3) is 5.91 Å². The molecule has 1 heterocycles. The molecule has 20 heavy (non-hydrogen) atoms. The van der Waals surface area contributed by atoms with E-state index in [-0.39, 0.29) is 11.9 Å². The molecular formula is C16H25N3O. The molecule has 1 aromatic carbocycles. The number of rotatable bonds is 4. The van der Waals surface area contributed by atoms with Gasteiger partial charge in [0.05, 0.1) is 0 Å². The summed E-state index contributed by atoms with van der Waals surface area (Å²) in [6.45, 7) is 7.55. The lowest BCUT2D eigenvalue weighted by Gasteiger charge is -2.32. The first kappa shape index (κ1) is 14.9. The fourth-order valence-corrected chi connectivity index (χ4v) is 2.87. The Morgan fingerprint density at radius 3 is 3.05 bits per heavy atom. The number of hydrogen-bond donors (Lipinski definition) is 2. The topological polar surface area (TPSA) is 58.4 Å². The summed E-state index contributed by atoms with van der Waals surface area (Å²) in [5.74, 6) is 0.718. The molecule has 1 aliphatic heterocycles. The molecule has 2 unspecified atom stereocenters. The van der Waals surface area contributed by atoms with Gasteiger partial charge < -0.3 is 16.0 Å². The van der Waals surface area contributed by atoms with Crippen LogP contribution in [-0.2, 0) is 0 Å². The third kappa shape index (κ3) is 4.23. The number of nitrogens with zero attached hydrogens (tertiary/aromatic N) is 1. The van der Waals surface area contributed by atoms with Crippen molar-refractivity contribution in [3.8, 4) is 0 Å². The highest BCUT2D eigenvalue weighted by atomic mass is 16.1. The van der Waals surface area contributed by atoms with Crippen molar-refractivity contribution in [2.45, 2.75) is 32.7 Å². The van der Waals surface area contributed by atoms with Gasteiger partial charge in [0.15, 0.2) is 0 Å². The average molecular weight is 275 g/mol. The van der Waals surface area contributed by atoms with Crippen molar-refractivity contribution in [3.63, 3.8) is 0 Å². The van der Waals surface area contributed by atoms with Crippen molar-refractivity contribution in [1.82, 2.24) is 10.2 Å². The SMILES string of the molecule is CC1CCCN(CC(C)NC(=O)c2cccc(N)c2)C1. The van der Waals surface area contributed by atoms with Crippen molar-refractivity contribution < 1.29 is 4.79 Å². The van der Waals surface area contributed by atoms with Gasteiger partial charge >= 0.3 is 0 Å². The molecule has 0 bridgehead atoms. The lowest BCUT2D eigenvalue weighted by molar-refractivity contribution is 0.0920. The molecule has 4 heteroatoms. The van der Waals surface area contributed by atoms with Gasteiger partial charge in [-0.15, -0.1) is 0 Å². The normalized spacial score (nSPS) is 21.4. The average Bonchev–Trinajstić information content (AvgIpc) is 2.38. The minimum atomic E-state index is -0.0464. The molecule has 4 nitrogen and oxygen atoms in total. The number of hydrogen-bond acceptors (Lipinski definition) is 3. The first-order valence-electron chi connectivity index (χ1n) is 7.43. The monoisotopic (exact) mass is 275 g/mol. The van der Waals surface area contributed by atoms with E-state index >= 15 is 0 Å². The molecule has 2 rings (SSSR count). The Balaban J connectivity index is 1.84. The van der Waals surface area contributed by atoms with Crippen LogP contribution < -0.4 is 11.1 Å². The third-order valence-corrected chi connectivity index (χ3v) is 3.80. The number of nitrogen functional groups attached to an aromatic ring is 1. The molecule has 1 fully saturated rings. The predicted molar refractivity (Wildman–Crippen MR) is 82.6 cm³/mol. The predicted octanol–water partition coefficient (Wildman–Crippen LogP) is 2.12. The van der Waals surface area contributed by atoms with Crippen molar-refractivity contribution in [3.05, 3.63) is 29.8 Å². The summed E-state index contributed by atoms with van der Waals surface area (Å²) in [6, 6.07) is 7.25. The summed E-state index contributed by atoms with van der Waals surface area (Å²) < 4.78 is 0. The highest BCUT2D eigenvalue weighted by Crippen LogP contribution is 2.15. The Hall–Kier alpha value is -1.55. The highest BCUT2D eigenvalue weighted by Gasteiger charge is 2.19. The van der Waals surface area contributed by atoms with Gasteiger partial charge in [-0.1, -0.05) is 13.0 Å². The largest absolute Gasteiger partial charge is 0.399 e. The van der Waals surface area contributed by atoms with Crippen molar-refractivity contribution in [1.29, 1.82) is 0 Å². The third-order valence-electron chi connectivity index (χ3n) is 3.80. The number of nitrogens with two attached hydrogens (primary N) is 1. The van der Waals surface area contributed by atoms with Crippen LogP contribution in [-0.4, -0.2) is 36.5 Å². The van der Waals surface area contributed by atoms with Crippen molar-refractivity contribution >= 4 is 11.6 Å². The van der Waals surface area contributed by atoms with Crippen molar-refractivity contribution in [2.24, 2.45) is 5.92 Å². The second-order valence-electron chi connectivity index (χ2n) is 6.01. The number of nitrogens with one attached hydrogen (secondary N) is 1. The van der Waals surface area contributed by atoms with Crippen LogP contribution >= 0.6 is 0 Å². The van der Waals surface area contributed by atoms with E-state index in [1.807, 2.05) is 0 Å². The molecule has 110 valence electrons. The fraction of sp³-hybridized carbons (Fsp3) is 0.562. The highest BCUT2D eigenvalue weighted by molar-refractivity contribution is 5.95. The van der Waals surface area contributed by atoms with E-state index in [9.17, 15) is 4.79 Å². The first-order chi connectivity index (χ1) is 9.54. The maximum Gasteiger partial charge on any atom is 0.251 e. The second-order valence-corrected chi connectivity index (χ2v) is 6.01. The molecule has 0 aromatic heterocycles.